The second kappa shape index (κ2) is 6.07. The summed E-state index contributed by atoms with van der Waals surface area (Å²) in [6.07, 6.45) is -10.3. The van der Waals surface area contributed by atoms with Gasteiger partial charge in [-0.1, -0.05) is 6.92 Å². The Morgan fingerprint density at radius 2 is 1.04 bits per heavy atom. The first-order valence-corrected chi connectivity index (χ1v) is 5.74. The molecule has 0 aliphatic rings. The van der Waals surface area contributed by atoms with Gasteiger partial charge in [0.1, 0.15) is 0 Å². The molecule has 0 aromatic rings. The average molecular weight is 405 g/mol. The number of alkyl halides is 13. The van der Waals surface area contributed by atoms with Crippen molar-refractivity contribution in [1.82, 2.24) is 0 Å². The molecule has 0 saturated heterocycles. The molecule has 0 aliphatic carbocycles. The van der Waals surface area contributed by atoms with Crippen LogP contribution in [0.25, 0.3) is 0 Å². The molecule has 1 atom stereocenters. The Hall–Kier alpha value is -1.44. The maximum Gasteiger partial charge on any atom is 0.460 e. The third-order valence-electron chi connectivity index (χ3n) is 2.96. The third-order valence-corrected chi connectivity index (χ3v) is 2.96. The van der Waals surface area contributed by atoms with E-state index in [2.05, 4.69) is 0 Å². The van der Waals surface area contributed by atoms with Crippen molar-refractivity contribution in [2.24, 2.45) is 5.92 Å². The van der Waals surface area contributed by atoms with Crippen LogP contribution in [-0.4, -0.2) is 41.8 Å². The van der Waals surface area contributed by atoms with E-state index in [1.165, 1.54) is 0 Å². The zero-order valence-electron chi connectivity index (χ0n) is 11.5. The molecule has 0 bridgehead atoms. The van der Waals surface area contributed by atoms with Gasteiger partial charge in [-0.05, 0) is 0 Å². The molecular formula is C10H6F13O2-. The van der Waals surface area contributed by atoms with Gasteiger partial charge in [0.25, 0.3) is 0 Å². The fourth-order valence-corrected chi connectivity index (χ4v) is 1.40. The lowest BCUT2D eigenvalue weighted by molar-refractivity contribution is -0.440. The molecule has 0 fully saturated rings. The van der Waals surface area contributed by atoms with Crippen LogP contribution in [-0.2, 0) is 4.79 Å². The van der Waals surface area contributed by atoms with Crippen molar-refractivity contribution in [2.45, 2.75) is 49.1 Å². The molecule has 0 N–H and O–H groups in total. The number of hydrogen-bond acceptors (Lipinski definition) is 2. The number of carboxylic acids is 1. The normalized spacial score (nSPS) is 16.7. The molecular weight excluding hydrogens is 399 g/mol. The molecule has 0 amide bonds. The highest BCUT2D eigenvalue weighted by molar-refractivity contribution is 5.67. The average Bonchev–Trinajstić information content (AvgIpc) is 2.35. The van der Waals surface area contributed by atoms with E-state index in [4.69, 9.17) is 0 Å². The lowest BCUT2D eigenvalue weighted by Crippen LogP contribution is -2.70. The van der Waals surface area contributed by atoms with Crippen LogP contribution in [0, 0.1) is 5.92 Å². The topological polar surface area (TPSA) is 40.1 Å². The highest BCUT2D eigenvalue weighted by Gasteiger charge is 2.90. The number of aliphatic carboxylic acids is 1. The quantitative estimate of drug-likeness (QED) is 0.609. The molecule has 0 saturated carbocycles. The molecule has 25 heavy (non-hydrogen) atoms. The number of carbonyl (C=O) groups is 1. The van der Waals surface area contributed by atoms with Crippen molar-refractivity contribution < 1.29 is 67.0 Å². The number of rotatable bonds is 7. The van der Waals surface area contributed by atoms with Crippen molar-refractivity contribution in [2.75, 3.05) is 0 Å². The lowest BCUT2D eigenvalue weighted by Gasteiger charge is -2.40. The van der Waals surface area contributed by atoms with Gasteiger partial charge in [0.15, 0.2) is 0 Å². The van der Waals surface area contributed by atoms with Gasteiger partial charge in [-0.3, -0.25) is 0 Å². The van der Waals surface area contributed by atoms with Crippen LogP contribution in [0.4, 0.5) is 57.1 Å². The predicted molar refractivity (Wildman–Crippen MR) is 49.6 cm³/mol. The van der Waals surface area contributed by atoms with E-state index >= 15 is 0 Å². The monoisotopic (exact) mass is 405 g/mol. The van der Waals surface area contributed by atoms with Crippen LogP contribution in [0.15, 0.2) is 0 Å². The van der Waals surface area contributed by atoms with Crippen LogP contribution in [0.1, 0.15) is 13.3 Å². The van der Waals surface area contributed by atoms with E-state index in [1.807, 2.05) is 0 Å². The van der Waals surface area contributed by atoms with Crippen LogP contribution in [0.5, 0.6) is 0 Å². The first-order valence-electron chi connectivity index (χ1n) is 5.74. The number of halogens is 13. The second-order valence-electron chi connectivity index (χ2n) is 4.92. The van der Waals surface area contributed by atoms with E-state index in [0.717, 1.165) is 0 Å². The van der Waals surface area contributed by atoms with Gasteiger partial charge in [0.05, 0.1) is 0 Å². The van der Waals surface area contributed by atoms with Crippen molar-refractivity contribution >= 4 is 5.97 Å². The van der Waals surface area contributed by atoms with E-state index in [0.29, 0.717) is 0 Å². The Kier molecular flexibility index (Phi) is 5.72. The van der Waals surface area contributed by atoms with Gasteiger partial charge in [-0.2, -0.15) is 57.1 Å². The number of carbonyl (C=O) groups excluding carboxylic acids is 1. The Morgan fingerprint density at radius 3 is 1.32 bits per heavy atom. The van der Waals surface area contributed by atoms with E-state index in [-0.39, 0.29) is 6.92 Å². The van der Waals surface area contributed by atoms with Crippen LogP contribution >= 0.6 is 0 Å². The third kappa shape index (κ3) is 3.45. The van der Waals surface area contributed by atoms with Gasteiger partial charge in [-0.25, -0.2) is 0 Å². The Labute approximate surface area is 129 Å². The van der Waals surface area contributed by atoms with Gasteiger partial charge < -0.3 is 9.90 Å². The Balaban J connectivity index is 6.16. The smallest absolute Gasteiger partial charge is 0.460 e. The summed E-state index contributed by atoms with van der Waals surface area (Å²) in [5.74, 6) is -42.8. The summed E-state index contributed by atoms with van der Waals surface area (Å²) in [7, 11) is 0. The van der Waals surface area contributed by atoms with Crippen molar-refractivity contribution in [3.05, 3.63) is 0 Å². The van der Waals surface area contributed by atoms with Crippen molar-refractivity contribution in [3.8, 4) is 0 Å². The first kappa shape index (κ1) is 23.6. The maximum absolute atomic E-state index is 13.1. The molecule has 0 aromatic heterocycles. The molecule has 1 unspecified atom stereocenters. The van der Waals surface area contributed by atoms with Gasteiger partial charge in [0, 0.05) is 18.3 Å². The fourth-order valence-electron chi connectivity index (χ4n) is 1.40. The molecule has 15 heteroatoms. The van der Waals surface area contributed by atoms with E-state index < -0.39 is 54.1 Å². The van der Waals surface area contributed by atoms with E-state index in [9.17, 15) is 67.0 Å². The summed E-state index contributed by atoms with van der Waals surface area (Å²) in [5, 5.41) is 10.1. The molecule has 0 heterocycles. The van der Waals surface area contributed by atoms with Crippen molar-refractivity contribution in [3.63, 3.8) is 0 Å². The minimum Gasteiger partial charge on any atom is -0.550 e. The van der Waals surface area contributed by atoms with Gasteiger partial charge in [-0.15, -0.1) is 0 Å². The van der Waals surface area contributed by atoms with Gasteiger partial charge in [0.2, 0.25) is 0 Å². The largest absolute Gasteiger partial charge is 0.550 e. The summed E-state index contributed by atoms with van der Waals surface area (Å²) in [5.41, 5.74) is 0. The summed E-state index contributed by atoms with van der Waals surface area (Å²) >= 11 is 0. The first-order chi connectivity index (χ1) is 10.6. The molecule has 150 valence electrons. The minimum atomic E-state index is -7.99. The standard InChI is InChI=1S/C10H7F13O2/c1-3(4(24)25)2-5(11,12)6(13,14)7(15,16)8(17,18)9(19,20)10(21,22)23/h3H,2H2,1H3,(H,24,25)/p-1. The molecule has 0 aromatic carbocycles. The molecule has 0 rings (SSSR count). The molecule has 0 radical (unpaired) electrons. The maximum atomic E-state index is 13.1. The second-order valence-corrected chi connectivity index (χ2v) is 4.92. The number of hydrogen-bond donors (Lipinski definition) is 0. The fraction of sp³-hybridized carbons (Fsp3) is 0.900. The summed E-state index contributed by atoms with van der Waals surface area (Å²) in [4.78, 5) is 10.1. The lowest BCUT2D eigenvalue weighted by atomic mass is 9.89. The number of carboxylic acid groups (broad SMARTS) is 1. The highest BCUT2D eigenvalue weighted by Crippen LogP contribution is 2.60. The minimum absolute atomic E-state index is 0.194. The molecule has 0 spiro atoms. The molecule has 0 aliphatic heterocycles. The summed E-state index contributed by atoms with van der Waals surface area (Å²) < 4.78 is 165. The summed E-state index contributed by atoms with van der Waals surface area (Å²) in [6, 6.07) is 0. The van der Waals surface area contributed by atoms with E-state index in [1.54, 1.807) is 0 Å². The van der Waals surface area contributed by atoms with Crippen LogP contribution < -0.4 is 5.11 Å². The zero-order valence-corrected chi connectivity index (χ0v) is 11.5. The van der Waals surface area contributed by atoms with Crippen LogP contribution in [0.2, 0.25) is 0 Å². The Morgan fingerprint density at radius 1 is 0.720 bits per heavy atom. The highest BCUT2D eigenvalue weighted by atomic mass is 19.4. The van der Waals surface area contributed by atoms with Gasteiger partial charge >= 0.3 is 35.8 Å². The predicted octanol–water partition coefficient (Wildman–Crippen LogP) is 3.50. The SMILES string of the molecule is CC(CC(F)(F)C(F)(F)C(F)(F)C(F)(F)C(F)(F)C(F)(F)F)C(=O)[O-]. The van der Waals surface area contributed by atoms with Crippen LogP contribution in [0.3, 0.4) is 0 Å². The Bertz CT molecular complexity index is 507. The molecule has 2 nitrogen and oxygen atoms in total. The van der Waals surface area contributed by atoms with Crippen molar-refractivity contribution in [1.29, 1.82) is 0 Å². The summed E-state index contributed by atoms with van der Waals surface area (Å²) in [6.45, 7) is 0.194. The zero-order chi connectivity index (χ0) is 20.9.